The average molecular weight is 486 g/mol. The first-order valence-corrected chi connectivity index (χ1v) is 13.0. The number of amides is 1. The first-order valence-electron chi connectivity index (χ1n) is 11.2. The molecule has 1 aliphatic rings. The van der Waals surface area contributed by atoms with Crippen LogP contribution in [0.25, 0.3) is 10.2 Å². The van der Waals surface area contributed by atoms with Crippen molar-refractivity contribution in [2.45, 2.75) is 51.1 Å². The normalized spacial score (nSPS) is 15.3. The zero-order valence-corrected chi connectivity index (χ0v) is 20.4. The van der Waals surface area contributed by atoms with Crippen molar-refractivity contribution in [2.24, 2.45) is 5.92 Å². The van der Waals surface area contributed by atoms with Crippen LogP contribution in [0, 0.1) is 5.92 Å². The summed E-state index contributed by atoms with van der Waals surface area (Å²) in [6.45, 7) is 4.64. The highest BCUT2D eigenvalue weighted by Gasteiger charge is 2.23. The van der Waals surface area contributed by atoms with E-state index in [9.17, 15) is 14.4 Å². The maximum absolute atomic E-state index is 12.7. The van der Waals surface area contributed by atoms with E-state index in [0.717, 1.165) is 42.5 Å². The molecule has 2 N–H and O–H groups in total. The van der Waals surface area contributed by atoms with E-state index in [1.165, 1.54) is 16.6 Å². The Morgan fingerprint density at radius 1 is 1.36 bits per heavy atom. The third kappa shape index (κ3) is 5.65. The third-order valence-corrected chi connectivity index (χ3v) is 7.62. The van der Waals surface area contributed by atoms with Gasteiger partial charge in [0.05, 0.1) is 23.3 Å². The van der Waals surface area contributed by atoms with Gasteiger partial charge < -0.3 is 15.0 Å². The summed E-state index contributed by atoms with van der Waals surface area (Å²) in [4.78, 5) is 46.7. The highest BCUT2D eigenvalue weighted by Crippen LogP contribution is 2.36. The molecule has 1 unspecified atom stereocenters. The highest BCUT2D eigenvalue weighted by atomic mass is 32.2. The summed E-state index contributed by atoms with van der Waals surface area (Å²) in [6, 6.07) is 6.67. The van der Waals surface area contributed by atoms with E-state index in [4.69, 9.17) is 4.74 Å². The van der Waals surface area contributed by atoms with Gasteiger partial charge in [0.25, 0.3) is 5.56 Å². The summed E-state index contributed by atoms with van der Waals surface area (Å²) in [7, 11) is 0. The molecular weight excluding hydrogens is 458 g/mol. The van der Waals surface area contributed by atoms with Crippen LogP contribution in [0.15, 0.2) is 34.2 Å². The number of H-pyrrole nitrogens is 1. The van der Waals surface area contributed by atoms with Crippen LogP contribution in [-0.4, -0.2) is 34.2 Å². The lowest BCUT2D eigenvalue weighted by molar-refractivity contribution is -0.113. The number of thiophene rings is 1. The molecule has 0 fully saturated rings. The Balaban J connectivity index is 1.39. The summed E-state index contributed by atoms with van der Waals surface area (Å²) >= 11 is 2.77. The summed E-state index contributed by atoms with van der Waals surface area (Å²) in [6.07, 6.45) is 4.76. The molecule has 3 aromatic rings. The van der Waals surface area contributed by atoms with Gasteiger partial charge in [0, 0.05) is 10.6 Å². The molecule has 1 amide bonds. The number of carbonyl (C=O) groups excluding carboxylic acids is 2. The SMILES string of the molecule is CCCCOC(=O)c1cccc(NC(=O)CSc2nc3sc4c(c3c(=O)[nH]2)CCC(C)C4)c1. The zero-order chi connectivity index (χ0) is 23.4. The molecule has 0 saturated carbocycles. The third-order valence-electron chi connectivity index (χ3n) is 5.60. The van der Waals surface area contributed by atoms with Crippen molar-refractivity contribution < 1.29 is 14.3 Å². The number of nitrogens with zero attached hydrogens (tertiary/aromatic N) is 1. The molecule has 174 valence electrons. The van der Waals surface area contributed by atoms with E-state index in [2.05, 4.69) is 22.2 Å². The number of unbranched alkanes of at least 4 members (excludes halogenated alkanes) is 1. The summed E-state index contributed by atoms with van der Waals surface area (Å²) in [5.74, 6) is 0.0522. The number of aromatic amines is 1. The minimum Gasteiger partial charge on any atom is -0.462 e. The predicted molar refractivity (Wildman–Crippen MR) is 132 cm³/mol. The highest BCUT2D eigenvalue weighted by molar-refractivity contribution is 7.99. The Kier molecular flexibility index (Phi) is 7.49. The number of fused-ring (bicyclic) bond motifs is 3. The summed E-state index contributed by atoms with van der Waals surface area (Å²) in [5.41, 5.74) is 1.92. The monoisotopic (exact) mass is 485 g/mol. The number of anilines is 1. The maximum atomic E-state index is 12.7. The van der Waals surface area contributed by atoms with Gasteiger partial charge in [-0.05, 0) is 55.4 Å². The lowest BCUT2D eigenvalue weighted by atomic mass is 9.89. The number of benzene rings is 1. The minimum atomic E-state index is -0.406. The molecule has 0 radical (unpaired) electrons. The second kappa shape index (κ2) is 10.5. The molecule has 33 heavy (non-hydrogen) atoms. The van der Waals surface area contributed by atoms with Gasteiger partial charge in [-0.3, -0.25) is 9.59 Å². The van der Waals surface area contributed by atoms with Crippen LogP contribution < -0.4 is 10.9 Å². The molecular formula is C24H27N3O4S2. The second-order valence-corrected chi connectivity index (χ2v) is 10.4. The quantitative estimate of drug-likeness (QED) is 0.206. The second-order valence-electron chi connectivity index (χ2n) is 8.31. The van der Waals surface area contributed by atoms with Crippen LogP contribution in [0.3, 0.4) is 0 Å². The standard InChI is InChI=1S/C24H27N3O4S2/c1-3-4-10-31-23(30)15-6-5-7-16(12-15)25-19(28)13-32-24-26-21(29)20-17-9-8-14(2)11-18(17)33-22(20)27-24/h5-7,12,14H,3-4,8-11,13H2,1-2H3,(H,25,28)(H,26,27,29). The Bertz CT molecular complexity index is 1230. The van der Waals surface area contributed by atoms with Gasteiger partial charge in [-0.1, -0.05) is 38.1 Å². The van der Waals surface area contributed by atoms with Crippen LogP contribution >= 0.6 is 23.1 Å². The van der Waals surface area contributed by atoms with E-state index in [0.29, 0.717) is 34.3 Å². The van der Waals surface area contributed by atoms with Gasteiger partial charge in [-0.2, -0.15) is 0 Å². The topological polar surface area (TPSA) is 101 Å². The van der Waals surface area contributed by atoms with Gasteiger partial charge in [0.1, 0.15) is 4.83 Å². The van der Waals surface area contributed by atoms with E-state index in [1.54, 1.807) is 35.6 Å². The van der Waals surface area contributed by atoms with Crippen molar-refractivity contribution >= 4 is 50.9 Å². The molecule has 1 atom stereocenters. The molecule has 0 spiro atoms. The fourth-order valence-electron chi connectivity index (χ4n) is 3.84. The molecule has 2 aromatic heterocycles. The summed E-state index contributed by atoms with van der Waals surface area (Å²) in [5, 5.41) is 3.93. The molecule has 7 nitrogen and oxygen atoms in total. The van der Waals surface area contributed by atoms with Crippen LogP contribution in [0.4, 0.5) is 5.69 Å². The van der Waals surface area contributed by atoms with E-state index in [1.807, 2.05) is 6.92 Å². The van der Waals surface area contributed by atoms with Crippen LogP contribution in [0.2, 0.25) is 0 Å². The number of nitrogens with one attached hydrogen (secondary N) is 2. The smallest absolute Gasteiger partial charge is 0.338 e. The maximum Gasteiger partial charge on any atom is 0.338 e. The Hall–Kier alpha value is -2.65. The Morgan fingerprint density at radius 3 is 3.03 bits per heavy atom. The van der Waals surface area contributed by atoms with Crippen molar-refractivity contribution in [3.05, 3.63) is 50.6 Å². The molecule has 2 heterocycles. The number of rotatable bonds is 8. The van der Waals surface area contributed by atoms with Gasteiger partial charge in [-0.15, -0.1) is 11.3 Å². The Labute approximate surface area is 200 Å². The van der Waals surface area contributed by atoms with Gasteiger partial charge in [0.15, 0.2) is 5.16 Å². The van der Waals surface area contributed by atoms with E-state index < -0.39 is 5.97 Å². The molecule has 0 aliphatic heterocycles. The Morgan fingerprint density at radius 2 is 2.21 bits per heavy atom. The zero-order valence-electron chi connectivity index (χ0n) is 18.7. The largest absolute Gasteiger partial charge is 0.462 e. The molecule has 1 aliphatic carbocycles. The van der Waals surface area contributed by atoms with E-state index >= 15 is 0 Å². The van der Waals surface area contributed by atoms with Gasteiger partial charge >= 0.3 is 5.97 Å². The number of thioether (sulfide) groups is 1. The number of ether oxygens (including phenoxy) is 1. The molecule has 0 bridgehead atoms. The van der Waals surface area contributed by atoms with Crippen molar-refractivity contribution in [1.82, 2.24) is 9.97 Å². The van der Waals surface area contributed by atoms with Crippen LogP contribution in [0.5, 0.6) is 0 Å². The predicted octanol–water partition coefficient (Wildman–Crippen LogP) is 4.80. The first-order chi connectivity index (χ1) is 15.9. The fraction of sp³-hybridized carbons (Fsp3) is 0.417. The number of carbonyl (C=O) groups is 2. The van der Waals surface area contributed by atoms with Gasteiger partial charge in [-0.25, -0.2) is 9.78 Å². The molecule has 0 saturated heterocycles. The number of hydrogen-bond donors (Lipinski definition) is 2. The number of aryl methyl sites for hydroxylation is 1. The van der Waals surface area contributed by atoms with Crippen molar-refractivity contribution in [3.63, 3.8) is 0 Å². The van der Waals surface area contributed by atoms with Gasteiger partial charge in [0.2, 0.25) is 5.91 Å². The summed E-state index contributed by atoms with van der Waals surface area (Å²) < 4.78 is 5.22. The number of hydrogen-bond acceptors (Lipinski definition) is 7. The lowest BCUT2D eigenvalue weighted by Crippen LogP contribution is -2.16. The first kappa shape index (κ1) is 23.5. The van der Waals surface area contributed by atoms with Crippen LogP contribution in [0.1, 0.15) is 53.9 Å². The van der Waals surface area contributed by atoms with Crippen molar-refractivity contribution in [1.29, 1.82) is 0 Å². The molecule has 4 rings (SSSR count). The average Bonchev–Trinajstić information content (AvgIpc) is 3.15. The van der Waals surface area contributed by atoms with E-state index in [-0.39, 0.29) is 17.2 Å². The van der Waals surface area contributed by atoms with Crippen LogP contribution in [-0.2, 0) is 22.4 Å². The number of esters is 1. The van der Waals surface area contributed by atoms with Crippen molar-refractivity contribution in [2.75, 3.05) is 17.7 Å². The number of aromatic nitrogens is 2. The molecule has 9 heteroatoms. The fourth-order valence-corrected chi connectivity index (χ4v) is 5.95. The minimum absolute atomic E-state index is 0.0851. The lowest BCUT2D eigenvalue weighted by Gasteiger charge is -2.17. The van der Waals surface area contributed by atoms with Crippen molar-refractivity contribution in [3.8, 4) is 0 Å². The molecule has 1 aromatic carbocycles.